The molecule has 0 saturated heterocycles. The Balaban J connectivity index is 0.000000119. The van der Waals surface area contributed by atoms with E-state index in [2.05, 4.69) is 162 Å². The van der Waals surface area contributed by atoms with Crippen LogP contribution in [0.4, 0.5) is 0 Å². The van der Waals surface area contributed by atoms with E-state index in [1.54, 1.807) is 24.3 Å². The highest BCUT2D eigenvalue weighted by Gasteiger charge is 2.20. The molecule has 0 atom stereocenters. The van der Waals surface area contributed by atoms with Gasteiger partial charge in [-0.25, -0.2) is 9.59 Å². The number of hydrogen-bond donors (Lipinski definition) is 2. The maximum atomic E-state index is 13.8. The first kappa shape index (κ1) is 55.9. The first-order valence-corrected chi connectivity index (χ1v) is 31.3. The number of halogens is 1. The zero-order valence-electron chi connectivity index (χ0n) is 49.5. The number of aromatic nitrogens is 4. The van der Waals surface area contributed by atoms with E-state index in [0.717, 1.165) is 71.5 Å². The second-order valence-corrected chi connectivity index (χ2v) is 24.0. The second kappa shape index (κ2) is 23.2. The summed E-state index contributed by atoms with van der Waals surface area (Å²) in [5.74, 6) is 0. The second-order valence-electron chi connectivity index (χ2n) is 23.1. The fraction of sp³-hybridized carbons (Fsp3) is 0. The van der Waals surface area contributed by atoms with E-state index in [-0.39, 0.29) is 11.4 Å². The summed E-state index contributed by atoms with van der Waals surface area (Å²) in [7, 11) is -1.46. The molecular formula is C82H54BBrN4O4. The predicted octanol–water partition coefficient (Wildman–Crippen LogP) is 18.5. The molecular weight excluding hydrogens is 1200 g/mol. The van der Waals surface area contributed by atoms with Gasteiger partial charge < -0.3 is 10.0 Å². The number of fused-ring (bicyclic) bond motifs is 2. The number of benzene rings is 16. The van der Waals surface area contributed by atoms with Gasteiger partial charge in [0.15, 0.2) is 0 Å². The van der Waals surface area contributed by atoms with Crippen LogP contribution in [0.2, 0.25) is 0 Å². The van der Waals surface area contributed by atoms with Crippen LogP contribution in [0.3, 0.4) is 0 Å². The third-order valence-electron chi connectivity index (χ3n) is 17.8. The first-order chi connectivity index (χ1) is 45.2. The Morgan fingerprint density at radius 2 is 0.609 bits per heavy atom. The molecule has 0 fully saturated rings. The highest BCUT2D eigenvalue weighted by molar-refractivity contribution is 9.10. The summed E-state index contributed by atoms with van der Waals surface area (Å²) in [5.41, 5.74) is 14.1. The van der Waals surface area contributed by atoms with E-state index >= 15 is 0 Å². The van der Waals surface area contributed by atoms with Gasteiger partial charge in [-0.3, -0.25) is 18.3 Å². The molecule has 18 rings (SSSR count). The monoisotopic (exact) mass is 1250 g/mol. The molecule has 0 bridgehead atoms. The van der Waals surface area contributed by atoms with Gasteiger partial charge in [0, 0.05) is 4.47 Å². The smallest absolute Gasteiger partial charge is 0.423 e. The van der Waals surface area contributed by atoms with Crippen molar-refractivity contribution in [2.45, 2.75) is 0 Å². The zero-order valence-corrected chi connectivity index (χ0v) is 51.1. The normalized spacial score (nSPS) is 11.5. The van der Waals surface area contributed by atoms with Crippen molar-refractivity contribution in [3.05, 3.63) is 341 Å². The minimum absolute atomic E-state index is 0.0697. The summed E-state index contributed by atoms with van der Waals surface area (Å²) in [6.07, 6.45) is 0. The van der Waals surface area contributed by atoms with Crippen molar-refractivity contribution in [2.75, 3.05) is 0 Å². The van der Waals surface area contributed by atoms with Gasteiger partial charge in [0.05, 0.1) is 44.8 Å². The van der Waals surface area contributed by atoms with Gasteiger partial charge in [-0.15, -0.1) is 0 Å². The Kier molecular flexibility index (Phi) is 14.1. The lowest BCUT2D eigenvalue weighted by atomic mass is 9.78. The molecule has 0 saturated carbocycles. The number of rotatable bonds is 8. The summed E-state index contributed by atoms with van der Waals surface area (Å²) in [4.78, 5) is 26.9. The molecule has 2 N–H and O–H groups in total. The minimum Gasteiger partial charge on any atom is -0.423 e. The van der Waals surface area contributed by atoms with Crippen LogP contribution in [0, 0.1) is 0 Å². The molecule has 0 aliphatic rings. The molecule has 16 aromatic carbocycles. The van der Waals surface area contributed by atoms with Crippen LogP contribution in [0.15, 0.2) is 330 Å². The van der Waals surface area contributed by atoms with Gasteiger partial charge in [0.25, 0.3) is 0 Å². The maximum Gasteiger partial charge on any atom is 0.488 e. The van der Waals surface area contributed by atoms with Crippen molar-refractivity contribution < 1.29 is 10.0 Å². The number of para-hydroxylation sites is 6. The lowest BCUT2D eigenvalue weighted by Crippen LogP contribution is -2.29. The van der Waals surface area contributed by atoms with E-state index in [4.69, 9.17) is 0 Å². The zero-order chi connectivity index (χ0) is 62.0. The van der Waals surface area contributed by atoms with Gasteiger partial charge >= 0.3 is 18.5 Å². The molecule has 436 valence electrons. The van der Waals surface area contributed by atoms with Crippen molar-refractivity contribution >= 4 is 115 Å². The fourth-order valence-electron chi connectivity index (χ4n) is 13.5. The Morgan fingerprint density at radius 1 is 0.272 bits per heavy atom. The molecule has 0 aliphatic carbocycles. The van der Waals surface area contributed by atoms with E-state index in [1.165, 1.54) is 75.8 Å². The van der Waals surface area contributed by atoms with E-state index < -0.39 is 7.12 Å². The summed E-state index contributed by atoms with van der Waals surface area (Å²) in [6.45, 7) is 0. The third-order valence-corrected chi connectivity index (χ3v) is 18.3. The van der Waals surface area contributed by atoms with Gasteiger partial charge in [0.2, 0.25) is 0 Å². The highest BCUT2D eigenvalue weighted by atomic mass is 79.9. The average molecular weight is 1250 g/mol. The molecule has 0 unspecified atom stereocenters. The SMILES string of the molecule is O=c1n(-c2ccccc2)c2ccccc2n1-c1ccc(-c2cccc(-c3ccc4ccc5cccc6ccc3c4c56)c2)cc1.O=c1n(-c2ccccc2)c2ccccc2n1-c1ccc(Br)cc1.OB(O)c1cccc(-c2ccc3ccc4cccc5ccc2c3c45)c1. The first-order valence-electron chi connectivity index (χ1n) is 30.5. The Morgan fingerprint density at radius 3 is 1.04 bits per heavy atom. The van der Waals surface area contributed by atoms with E-state index in [1.807, 2.05) is 164 Å². The third kappa shape index (κ3) is 9.73. The molecule has 10 heteroatoms. The number of imidazole rings is 2. The Labute approximate surface area is 537 Å². The van der Waals surface area contributed by atoms with Crippen LogP contribution in [-0.4, -0.2) is 35.4 Å². The van der Waals surface area contributed by atoms with Crippen LogP contribution < -0.4 is 16.8 Å². The molecule has 0 spiro atoms. The molecule has 18 aromatic rings. The van der Waals surface area contributed by atoms with Gasteiger partial charge in [-0.2, -0.15) is 0 Å². The molecule has 2 aromatic heterocycles. The topological polar surface area (TPSA) is 94.3 Å². The van der Waals surface area contributed by atoms with Crippen molar-refractivity contribution in [2.24, 2.45) is 0 Å². The Hall–Kier alpha value is -11.4. The average Bonchev–Trinajstić information content (AvgIpc) is 1.03. The lowest BCUT2D eigenvalue weighted by Gasteiger charge is -2.15. The summed E-state index contributed by atoms with van der Waals surface area (Å²) >= 11 is 3.44. The van der Waals surface area contributed by atoms with Crippen LogP contribution in [0.5, 0.6) is 0 Å². The van der Waals surface area contributed by atoms with E-state index in [0.29, 0.717) is 5.46 Å². The van der Waals surface area contributed by atoms with Crippen molar-refractivity contribution in [1.29, 1.82) is 0 Å². The summed E-state index contributed by atoms with van der Waals surface area (Å²) in [6, 6.07) is 107. The van der Waals surface area contributed by atoms with Gasteiger partial charge in [0.1, 0.15) is 0 Å². The largest absolute Gasteiger partial charge is 0.488 e. The number of hydrogen-bond acceptors (Lipinski definition) is 4. The Bertz CT molecular complexity index is 5890. The van der Waals surface area contributed by atoms with Crippen LogP contribution >= 0.6 is 15.9 Å². The minimum atomic E-state index is -1.46. The molecule has 8 nitrogen and oxygen atoms in total. The molecule has 0 amide bonds. The number of nitrogens with zero attached hydrogens (tertiary/aromatic N) is 4. The fourth-order valence-corrected chi connectivity index (χ4v) is 13.8. The summed E-state index contributed by atoms with van der Waals surface area (Å²) in [5, 5.41) is 34.2. The molecule has 92 heavy (non-hydrogen) atoms. The molecule has 0 aliphatic heterocycles. The maximum absolute atomic E-state index is 13.8. The van der Waals surface area contributed by atoms with Crippen molar-refractivity contribution in [1.82, 2.24) is 18.3 Å². The van der Waals surface area contributed by atoms with E-state index in [9.17, 15) is 19.6 Å². The quantitative estimate of drug-likeness (QED) is 0.117. The highest BCUT2D eigenvalue weighted by Crippen LogP contribution is 2.42. The summed E-state index contributed by atoms with van der Waals surface area (Å²) < 4.78 is 8.06. The van der Waals surface area contributed by atoms with Gasteiger partial charge in [-0.1, -0.05) is 240 Å². The lowest BCUT2D eigenvalue weighted by molar-refractivity contribution is 0.426. The van der Waals surface area contributed by atoms with Crippen LogP contribution in [-0.2, 0) is 0 Å². The standard InChI is InChI=1S/C41H26N2O.C22H15BO2.C19H13BrN2O/c44-41-42(33-12-2-1-3-13-33)37-14-4-5-15-38(37)43(41)34-22-18-27(19-23-34)31-10-7-11-32(26-31)35-24-20-30-17-16-28-8-6-9-29-21-25-36(35)40(30)39(28)29;24-23(25)18-6-2-5-17(13-18)19-11-9-16-8-7-14-3-1-4-15-10-12-20(19)22(16)21(14)15;20-14-10-12-16(13-11-14)22-18-9-5-4-8-17(18)21(19(22)23)15-6-2-1-3-7-15/h1-26H;1-13,24-25H;1-13H. The van der Waals surface area contributed by atoms with Gasteiger partial charge in [-0.05, 0) is 194 Å². The van der Waals surface area contributed by atoms with Crippen LogP contribution in [0.1, 0.15) is 0 Å². The van der Waals surface area contributed by atoms with Crippen molar-refractivity contribution in [3.63, 3.8) is 0 Å². The van der Waals surface area contributed by atoms with Crippen LogP contribution in [0.25, 0.3) is 143 Å². The molecule has 2 heterocycles. The van der Waals surface area contributed by atoms with Crippen molar-refractivity contribution in [3.8, 4) is 56.1 Å². The predicted molar refractivity (Wildman–Crippen MR) is 385 cm³/mol. The molecule has 0 radical (unpaired) electrons.